The minimum Gasteiger partial charge on any atom is -0.504 e. The van der Waals surface area contributed by atoms with Crippen molar-refractivity contribution in [2.75, 3.05) is 0 Å². The molecule has 2 aromatic carbocycles. The zero-order valence-corrected chi connectivity index (χ0v) is 11.7. The molecule has 0 saturated carbocycles. The largest absolute Gasteiger partial charge is 0.504 e. The maximum atomic E-state index is 11.6. The SMILES string of the molecule is O=c1cc(-c2cccc(Br)c2)c2cc(O)c(O)cc2o1. The maximum absolute atomic E-state index is 11.6. The molecule has 0 amide bonds. The molecule has 20 heavy (non-hydrogen) atoms. The van der Waals surface area contributed by atoms with Gasteiger partial charge in [-0.1, -0.05) is 28.1 Å². The molecule has 0 bridgehead atoms. The zero-order valence-electron chi connectivity index (χ0n) is 10.1. The second-order valence-electron chi connectivity index (χ2n) is 4.33. The van der Waals surface area contributed by atoms with E-state index in [1.807, 2.05) is 24.3 Å². The lowest BCUT2D eigenvalue weighted by Gasteiger charge is -2.07. The normalized spacial score (nSPS) is 10.8. The van der Waals surface area contributed by atoms with Crippen molar-refractivity contribution in [1.82, 2.24) is 0 Å². The number of halogens is 1. The molecule has 0 saturated heterocycles. The monoisotopic (exact) mass is 332 g/mol. The van der Waals surface area contributed by atoms with E-state index in [0.29, 0.717) is 10.9 Å². The smallest absolute Gasteiger partial charge is 0.336 e. The standard InChI is InChI=1S/C15H9BrO4/c16-9-3-1-2-8(4-9)10-6-15(19)20-14-7-13(18)12(17)5-11(10)14/h1-7,17-18H. The highest BCUT2D eigenvalue weighted by Gasteiger charge is 2.11. The van der Waals surface area contributed by atoms with E-state index >= 15 is 0 Å². The number of fused-ring (bicyclic) bond motifs is 1. The number of phenolic OH excluding ortho intramolecular Hbond substituents is 2. The van der Waals surface area contributed by atoms with Crippen molar-refractivity contribution in [3.05, 3.63) is 57.4 Å². The number of hydrogen-bond acceptors (Lipinski definition) is 4. The third kappa shape index (κ3) is 2.16. The van der Waals surface area contributed by atoms with Gasteiger partial charge in [0.2, 0.25) is 0 Å². The molecule has 0 atom stereocenters. The predicted molar refractivity (Wildman–Crippen MR) is 78.9 cm³/mol. The van der Waals surface area contributed by atoms with E-state index < -0.39 is 5.63 Å². The van der Waals surface area contributed by atoms with Crippen LogP contribution in [0, 0.1) is 0 Å². The Kier molecular flexibility index (Phi) is 2.99. The van der Waals surface area contributed by atoms with Gasteiger partial charge in [-0.05, 0) is 23.8 Å². The number of hydrogen-bond donors (Lipinski definition) is 2. The molecule has 5 heteroatoms. The topological polar surface area (TPSA) is 70.7 Å². The Morgan fingerprint density at radius 2 is 1.75 bits per heavy atom. The summed E-state index contributed by atoms with van der Waals surface area (Å²) < 4.78 is 5.93. The number of aromatic hydroxyl groups is 2. The van der Waals surface area contributed by atoms with E-state index in [9.17, 15) is 15.0 Å². The van der Waals surface area contributed by atoms with Gasteiger partial charge in [0.1, 0.15) is 5.58 Å². The average molecular weight is 333 g/mol. The van der Waals surface area contributed by atoms with Gasteiger partial charge in [-0.2, -0.15) is 0 Å². The Hall–Kier alpha value is -2.27. The van der Waals surface area contributed by atoms with Crippen molar-refractivity contribution in [2.24, 2.45) is 0 Å². The molecule has 1 aromatic heterocycles. The number of phenols is 2. The quantitative estimate of drug-likeness (QED) is 0.527. The summed E-state index contributed by atoms with van der Waals surface area (Å²) in [6, 6.07) is 11.4. The van der Waals surface area contributed by atoms with Crippen molar-refractivity contribution < 1.29 is 14.6 Å². The first kappa shape index (κ1) is 12.7. The minimum absolute atomic E-state index is 0.225. The summed E-state index contributed by atoms with van der Waals surface area (Å²) in [7, 11) is 0. The second kappa shape index (κ2) is 4.68. The van der Waals surface area contributed by atoms with Crippen molar-refractivity contribution in [3.8, 4) is 22.6 Å². The van der Waals surface area contributed by atoms with Crippen molar-refractivity contribution >= 4 is 26.9 Å². The fraction of sp³-hybridized carbons (Fsp3) is 0. The van der Waals surface area contributed by atoms with E-state index in [4.69, 9.17) is 4.42 Å². The number of benzene rings is 2. The summed E-state index contributed by atoms with van der Waals surface area (Å²) in [6.07, 6.45) is 0. The van der Waals surface area contributed by atoms with Crippen molar-refractivity contribution in [1.29, 1.82) is 0 Å². The molecule has 0 fully saturated rings. The molecule has 0 aliphatic heterocycles. The Morgan fingerprint density at radius 1 is 1.00 bits per heavy atom. The molecule has 3 aromatic rings. The van der Waals surface area contributed by atoms with Crippen LogP contribution in [0.15, 0.2) is 56.1 Å². The Labute approximate surface area is 122 Å². The van der Waals surface area contributed by atoms with Gasteiger partial charge in [0, 0.05) is 27.6 Å². The fourth-order valence-electron chi connectivity index (χ4n) is 2.08. The first-order valence-corrected chi connectivity index (χ1v) is 6.59. The van der Waals surface area contributed by atoms with Crippen LogP contribution in [0.25, 0.3) is 22.1 Å². The predicted octanol–water partition coefficient (Wildman–Crippen LogP) is 3.63. The van der Waals surface area contributed by atoms with Crippen molar-refractivity contribution in [2.45, 2.75) is 0 Å². The summed E-state index contributed by atoms with van der Waals surface area (Å²) >= 11 is 3.38. The van der Waals surface area contributed by atoms with Gasteiger partial charge in [-0.15, -0.1) is 0 Å². The second-order valence-corrected chi connectivity index (χ2v) is 5.24. The summed E-state index contributed by atoms with van der Waals surface area (Å²) in [4.78, 5) is 11.6. The van der Waals surface area contributed by atoms with E-state index in [1.54, 1.807) is 0 Å². The summed E-state index contributed by atoms with van der Waals surface area (Å²) in [5.74, 6) is -0.588. The average Bonchev–Trinajstić information content (AvgIpc) is 2.40. The molecule has 0 spiro atoms. The lowest BCUT2D eigenvalue weighted by molar-refractivity contribution is 0.403. The van der Waals surface area contributed by atoms with Crippen molar-refractivity contribution in [3.63, 3.8) is 0 Å². The van der Waals surface area contributed by atoms with Crippen LogP contribution in [-0.2, 0) is 0 Å². The summed E-state index contributed by atoms with van der Waals surface area (Å²) in [5.41, 5.74) is 1.15. The first-order valence-electron chi connectivity index (χ1n) is 5.80. The van der Waals surface area contributed by atoms with Gasteiger partial charge >= 0.3 is 5.63 Å². The molecule has 0 radical (unpaired) electrons. The fourth-order valence-corrected chi connectivity index (χ4v) is 2.48. The maximum Gasteiger partial charge on any atom is 0.336 e. The summed E-state index contributed by atoms with van der Waals surface area (Å²) in [5, 5.41) is 19.7. The van der Waals surface area contributed by atoms with E-state index in [1.165, 1.54) is 18.2 Å². The third-order valence-corrected chi connectivity index (χ3v) is 3.47. The van der Waals surface area contributed by atoms with E-state index in [-0.39, 0.29) is 17.1 Å². The van der Waals surface area contributed by atoms with Gasteiger partial charge in [-0.3, -0.25) is 0 Å². The molecule has 100 valence electrons. The van der Waals surface area contributed by atoms with Crippen LogP contribution >= 0.6 is 15.9 Å². The molecule has 0 unspecified atom stereocenters. The van der Waals surface area contributed by atoms with Gasteiger partial charge in [0.15, 0.2) is 11.5 Å². The number of rotatable bonds is 1. The Morgan fingerprint density at radius 3 is 2.50 bits per heavy atom. The summed E-state index contributed by atoms with van der Waals surface area (Å²) in [6.45, 7) is 0. The Bertz CT molecular complexity index is 867. The lowest BCUT2D eigenvalue weighted by Crippen LogP contribution is -1.98. The van der Waals surface area contributed by atoms with Crippen LogP contribution in [0.1, 0.15) is 0 Å². The molecule has 0 aliphatic rings. The minimum atomic E-state index is -0.516. The third-order valence-electron chi connectivity index (χ3n) is 2.98. The van der Waals surface area contributed by atoms with Crippen LogP contribution in [0.4, 0.5) is 0 Å². The highest BCUT2D eigenvalue weighted by Crippen LogP contribution is 2.35. The lowest BCUT2D eigenvalue weighted by atomic mass is 10.0. The van der Waals surface area contributed by atoms with Crippen LogP contribution in [0.5, 0.6) is 11.5 Å². The van der Waals surface area contributed by atoms with Gasteiger partial charge in [0.05, 0.1) is 0 Å². The highest BCUT2D eigenvalue weighted by atomic mass is 79.9. The molecule has 0 aliphatic carbocycles. The molecule has 1 heterocycles. The van der Waals surface area contributed by atoms with E-state index in [2.05, 4.69) is 15.9 Å². The van der Waals surface area contributed by atoms with Crippen LogP contribution < -0.4 is 5.63 Å². The highest BCUT2D eigenvalue weighted by molar-refractivity contribution is 9.10. The molecule has 2 N–H and O–H groups in total. The van der Waals surface area contributed by atoms with Gasteiger partial charge in [0.25, 0.3) is 0 Å². The molecule has 3 rings (SSSR count). The van der Waals surface area contributed by atoms with Crippen LogP contribution in [0.3, 0.4) is 0 Å². The van der Waals surface area contributed by atoms with E-state index in [0.717, 1.165) is 10.0 Å². The molecule has 4 nitrogen and oxygen atoms in total. The first-order chi connectivity index (χ1) is 9.54. The zero-order chi connectivity index (χ0) is 14.3. The molecular formula is C15H9BrO4. The Balaban J connectivity index is 2.40. The molecular weight excluding hydrogens is 324 g/mol. The van der Waals surface area contributed by atoms with Crippen LogP contribution in [0.2, 0.25) is 0 Å². The van der Waals surface area contributed by atoms with Gasteiger partial charge < -0.3 is 14.6 Å². The van der Waals surface area contributed by atoms with Gasteiger partial charge in [-0.25, -0.2) is 4.79 Å². The van der Waals surface area contributed by atoms with Crippen LogP contribution in [-0.4, -0.2) is 10.2 Å².